The third-order valence-corrected chi connectivity index (χ3v) is 6.75. The number of rotatable bonds is 9. The normalized spacial score (nSPS) is 11.2. The maximum atomic E-state index is 14.4. The van der Waals surface area contributed by atoms with Crippen molar-refractivity contribution in [1.82, 2.24) is 10.3 Å². The van der Waals surface area contributed by atoms with Gasteiger partial charge in [-0.05, 0) is 61.7 Å². The van der Waals surface area contributed by atoms with Crippen molar-refractivity contribution < 1.29 is 29.0 Å². The predicted molar refractivity (Wildman–Crippen MR) is 166 cm³/mol. The van der Waals surface area contributed by atoms with Gasteiger partial charge in [0.05, 0.1) is 28.0 Å². The number of benzene rings is 3. The second kappa shape index (κ2) is 14.8. The van der Waals surface area contributed by atoms with Crippen molar-refractivity contribution >= 4 is 56.3 Å². The lowest BCUT2D eigenvalue weighted by Gasteiger charge is -2.15. The topological polar surface area (TPSA) is 205 Å². The van der Waals surface area contributed by atoms with Crippen molar-refractivity contribution in [1.29, 1.82) is 5.41 Å². The lowest BCUT2D eigenvalue weighted by atomic mass is 9.97. The van der Waals surface area contributed by atoms with Gasteiger partial charge in [-0.3, -0.25) is 15.0 Å². The van der Waals surface area contributed by atoms with Gasteiger partial charge in [-0.15, -0.1) is 0 Å². The number of aliphatic carboxylic acids is 1. The van der Waals surface area contributed by atoms with Gasteiger partial charge < -0.3 is 32.3 Å². The molecule has 224 valence electrons. The highest BCUT2D eigenvalue weighted by molar-refractivity contribution is 9.10. The van der Waals surface area contributed by atoms with E-state index in [1.807, 2.05) is 42.5 Å². The Bertz CT molecular complexity index is 1670. The van der Waals surface area contributed by atoms with Gasteiger partial charge in [-0.2, -0.15) is 0 Å². The fraction of sp³-hybridized carbons (Fsp3) is 0.167. The van der Waals surface area contributed by atoms with E-state index in [0.717, 1.165) is 16.1 Å². The second-order valence-corrected chi connectivity index (χ2v) is 10.3. The molecule has 4 aromatic rings. The highest BCUT2D eigenvalue weighted by Crippen LogP contribution is 2.32. The third kappa shape index (κ3) is 8.80. The molecule has 11 nitrogen and oxygen atoms in total. The summed E-state index contributed by atoms with van der Waals surface area (Å²) < 4.78 is 15.2. The zero-order chi connectivity index (χ0) is 31.7. The van der Waals surface area contributed by atoms with E-state index in [-0.39, 0.29) is 17.2 Å². The third-order valence-electron chi connectivity index (χ3n) is 6.25. The van der Waals surface area contributed by atoms with E-state index in [9.17, 15) is 18.8 Å². The molecule has 0 aliphatic carbocycles. The van der Waals surface area contributed by atoms with E-state index in [4.69, 9.17) is 32.1 Å². The first-order valence-corrected chi connectivity index (χ1v) is 13.7. The monoisotopic (exact) mass is 652 g/mol. The van der Waals surface area contributed by atoms with Crippen molar-refractivity contribution in [3.05, 3.63) is 93.7 Å². The highest BCUT2D eigenvalue weighted by Gasteiger charge is 2.21. The number of carbonyl (C=O) groups excluding carboxylic acids is 1. The number of carboxylic acid groups (broad SMARTS) is 2. The Morgan fingerprint density at radius 1 is 1.07 bits per heavy atom. The summed E-state index contributed by atoms with van der Waals surface area (Å²) in [4.78, 5) is 39.3. The van der Waals surface area contributed by atoms with Crippen LogP contribution in [0.5, 0.6) is 0 Å². The van der Waals surface area contributed by atoms with Gasteiger partial charge in [0.1, 0.15) is 11.9 Å². The summed E-state index contributed by atoms with van der Waals surface area (Å²) in [7, 11) is 0. The molecular weight excluding hydrogens is 623 g/mol. The van der Waals surface area contributed by atoms with Crippen LogP contribution >= 0.6 is 15.9 Å². The molecule has 1 aromatic heterocycles. The Labute approximate surface area is 254 Å². The van der Waals surface area contributed by atoms with E-state index < -0.39 is 29.7 Å². The molecule has 0 aliphatic rings. The number of carboxylic acids is 2. The van der Waals surface area contributed by atoms with Crippen LogP contribution in [-0.4, -0.2) is 51.6 Å². The zero-order valence-corrected chi connectivity index (χ0v) is 24.6. The maximum absolute atomic E-state index is 14.4. The number of fused-ring (bicyclic) bond motifs is 1. The number of aromatic carboxylic acids is 1. The largest absolute Gasteiger partial charge is 0.480 e. The van der Waals surface area contributed by atoms with Gasteiger partial charge in [0.15, 0.2) is 5.96 Å². The Balaban J connectivity index is 0.000000359. The lowest BCUT2D eigenvalue weighted by molar-refractivity contribution is -0.138. The molecule has 0 spiro atoms. The molecular formula is C30H30BrFN6O5. The van der Waals surface area contributed by atoms with Gasteiger partial charge in [0, 0.05) is 22.0 Å². The van der Waals surface area contributed by atoms with E-state index in [2.05, 4.69) is 26.6 Å². The van der Waals surface area contributed by atoms with Crippen molar-refractivity contribution in [3.63, 3.8) is 0 Å². The second-order valence-electron chi connectivity index (χ2n) is 9.37. The summed E-state index contributed by atoms with van der Waals surface area (Å²) in [6.07, 6.45) is 0.975. The number of hydrogen-bond acceptors (Lipinski definition) is 6. The molecule has 0 saturated carbocycles. The number of pyridine rings is 1. The average Bonchev–Trinajstić information content (AvgIpc) is 2.96. The molecule has 0 saturated heterocycles. The van der Waals surface area contributed by atoms with E-state index in [1.54, 1.807) is 13.0 Å². The maximum Gasteiger partial charge on any atom is 0.335 e. The Kier molecular flexibility index (Phi) is 11.3. The molecule has 4 rings (SSSR count). The van der Waals surface area contributed by atoms with E-state index >= 15 is 0 Å². The minimum absolute atomic E-state index is 0.101. The lowest BCUT2D eigenvalue weighted by Crippen LogP contribution is -2.34. The van der Waals surface area contributed by atoms with Crippen molar-refractivity contribution in [2.45, 2.75) is 25.8 Å². The molecule has 3 aromatic carbocycles. The molecule has 0 bridgehead atoms. The van der Waals surface area contributed by atoms with Gasteiger partial charge in [0.2, 0.25) is 0 Å². The molecule has 1 heterocycles. The average molecular weight is 654 g/mol. The SMILES string of the molecule is Cc1c(-c2ccccc2)nc2ccc(Br)cc2c1C(=O)Nc1ccc(C(=O)O)cc1F.N=C(N)NCCCC(N)C(=O)O. The first-order valence-electron chi connectivity index (χ1n) is 12.9. The summed E-state index contributed by atoms with van der Waals surface area (Å²) in [6.45, 7) is 2.28. The Hall–Kier alpha value is -4.88. The number of nitrogens with one attached hydrogen (secondary N) is 3. The summed E-state index contributed by atoms with van der Waals surface area (Å²) >= 11 is 3.43. The number of nitrogens with zero attached hydrogens (tertiary/aromatic N) is 1. The van der Waals surface area contributed by atoms with Crippen molar-refractivity contribution in [2.75, 3.05) is 11.9 Å². The molecule has 0 radical (unpaired) electrons. The van der Waals surface area contributed by atoms with Crippen LogP contribution < -0.4 is 22.1 Å². The molecule has 0 fully saturated rings. The molecule has 13 heteroatoms. The van der Waals surface area contributed by atoms with Crippen LogP contribution in [0.3, 0.4) is 0 Å². The molecule has 43 heavy (non-hydrogen) atoms. The van der Waals surface area contributed by atoms with Crippen molar-refractivity contribution in [2.24, 2.45) is 11.5 Å². The van der Waals surface area contributed by atoms with Crippen LogP contribution in [-0.2, 0) is 4.79 Å². The van der Waals surface area contributed by atoms with Crippen LogP contribution in [0.1, 0.15) is 39.1 Å². The number of amides is 1. The summed E-state index contributed by atoms with van der Waals surface area (Å²) in [6, 6.07) is 17.5. The van der Waals surface area contributed by atoms with Crippen LogP contribution in [0.2, 0.25) is 0 Å². The Morgan fingerprint density at radius 3 is 2.37 bits per heavy atom. The summed E-state index contributed by atoms with van der Waals surface area (Å²) in [5.74, 6) is -3.70. The first-order chi connectivity index (χ1) is 20.4. The number of carbonyl (C=O) groups is 3. The quantitative estimate of drug-likeness (QED) is 0.0757. The summed E-state index contributed by atoms with van der Waals surface area (Å²) in [5.41, 5.74) is 13.1. The minimum atomic E-state index is -1.25. The molecule has 1 unspecified atom stereocenters. The number of hydrogen-bond donors (Lipinski definition) is 7. The van der Waals surface area contributed by atoms with Gasteiger partial charge in [0.25, 0.3) is 5.91 Å². The molecule has 1 atom stereocenters. The standard InChI is InChI=1S/C24H16BrFN2O3.C6H14N4O2/c1-13-21(23(29)28-20-9-7-15(24(30)31)11-18(20)26)17-12-16(25)8-10-19(17)27-22(13)14-5-3-2-4-6-14;7-4(5(11)12)2-1-3-10-6(8)9/h2-12H,1H3,(H,28,29)(H,30,31);4H,1-3,7H2,(H,11,12)(H4,8,9,10). The fourth-order valence-electron chi connectivity index (χ4n) is 4.10. The van der Waals surface area contributed by atoms with Gasteiger partial charge in [-0.1, -0.05) is 46.3 Å². The zero-order valence-electron chi connectivity index (χ0n) is 23.0. The number of anilines is 1. The molecule has 9 N–H and O–H groups in total. The number of aromatic nitrogens is 1. The first kappa shape index (κ1) is 32.6. The van der Waals surface area contributed by atoms with Gasteiger partial charge in [-0.25, -0.2) is 14.2 Å². The van der Waals surface area contributed by atoms with Crippen LogP contribution in [0.4, 0.5) is 10.1 Å². The molecule has 0 aliphatic heterocycles. The van der Waals surface area contributed by atoms with Crippen molar-refractivity contribution in [3.8, 4) is 11.3 Å². The highest BCUT2D eigenvalue weighted by atomic mass is 79.9. The van der Waals surface area contributed by atoms with Crippen LogP contribution in [0.15, 0.2) is 71.2 Å². The Morgan fingerprint density at radius 2 is 1.77 bits per heavy atom. The number of nitrogens with two attached hydrogens (primary N) is 2. The molecule has 1 amide bonds. The smallest absolute Gasteiger partial charge is 0.335 e. The van der Waals surface area contributed by atoms with E-state index in [1.165, 1.54) is 12.1 Å². The van der Waals surface area contributed by atoms with Crippen LogP contribution in [0.25, 0.3) is 22.2 Å². The van der Waals surface area contributed by atoms with E-state index in [0.29, 0.717) is 47.1 Å². The fourth-order valence-corrected chi connectivity index (χ4v) is 4.46. The predicted octanol–water partition coefficient (Wildman–Crippen LogP) is 4.72. The summed E-state index contributed by atoms with van der Waals surface area (Å²) in [5, 5.41) is 29.9. The number of guanidine groups is 1. The van der Waals surface area contributed by atoms with Crippen LogP contribution in [0, 0.1) is 18.2 Å². The minimum Gasteiger partial charge on any atom is -0.480 e. The number of halogens is 2. The van der Waals surface area contributed by atoms with Gasteiger partial charge >= 0.3 is 11.9 Å².